The first-order valence-electron chi connectivity index (χ1n) is 8.77. The third kappa shape index (κ3) is 4.75. The highest BCUT2D eigenvalue weighted by Crippen LogP contribution is 2.21. The molecule has 0 spiro atoms. The third-order valence-electron chi connectivity index (χ3n) is 4.37. The Morgan fingerprint density at radius 1 is 1.17 bits per heavy atom. The van der Waals surface area contributed by atoms with Crippen molar-refractivity contribution in [3.63, 3.8) is 0 Å². The van der Waals surface area contributed by atoms with Crippen LogP contribution in [0.25, 0.3) is 11.3 Å². The van der Waals surface area contributed by atoms with E-state index in [0.717, 1.165) is 5.56 Å². The molecule has 0 saturated heterocycles. The first kappa shape index (κ1) is 20.0. The number of hydrogen-bond acceptors (Lipinski definition) is 5. The molecule has 1 aromatic heterocycles. The number of aliphatic carboxylic acids is 1. The van der Waals surface area contributed by atoms with Crippen LogP contribution in [0.4, 0.5) is 4.39 Å². The lowest BCUT2D eigenvalue weighted by atomic mass is 10.0. The molecule has 29 heavy (non-hydrogen) atoms. The zero-order valence-electron chi connectivity index (χ0n) is 15.3. The number of aliphatic hydroxyl groups excluding tert-OH is 1. The van der Waals surface area contributed by atoms with Gasteiger partial charge in [0.25, 0.3) is 11.8 Å². The summed E-state index contributed by atoms with van der Waals surface area (Å²) in [4.78, 5) is 40.9. The van der Waals surface area contributed by atoms with E-state index in [0.29, 0.717) is 11.3 Å². The van der Waals surface area contributed by atoms with Gasteiger partial charge in [0.2, 0.25) is 0 Å². The van der Waals surface area contributed by atoms with Gasteiger partial charge in [0.05, 0.1) is 5.69 Å². The van der Waals surface area contributed by atoms with Crippen molar-refractivity contribution in [2.75, 3.05) is 13.1 Å². The van der Waals surface area contributed by atoms with Gasteiger partial charge < -0.3 is 20.4 Å². The van der Waals surface area contributed by atoms with Gasteiger partial charge in [-0.25, -0.2) is 4.39 Å². The van der Waals surface area contributed by atoms with Crippen LogP contribution >= 0.6 is 0 Å². The second-order valence-corrected chi connectivity index (χ2v) is 6.43. The number of aliphatic hydroxyl groups is 1. The molecule has 0 saturated carbocycles. The predicted molar refractivity (Wildman–Crippen MR) is 100.0 cm³/mol. The Morgan fingerprint density at radius 3 is 2.52 bits per heavy atom. The van der Waals surface area contributed by atoms with Crippen LogP contribution in [-0.2, 0) is 20.9 Å². The molecule has 3 rings (SSSR count). The van der Waals surface area contributed by atoms with Crippen molar-refractivity contribution in [1.82, 2.24) is 15.2 Å². The smallest absolute Gasteiger partial charge is 0.322 e. The minimum atomic E-state index is -1.26. The monoisotopic (exact) mass is 399 g/mol. The van der Waals surface area contributed by atoms with Gasteiger partial charge in [-0.05, 0) is 35.9 Å². The molecule has 1 aromatic carbocycles. The lowest BCUT2D eigenvalue weighted by Gasteiger charge is -2.28. The first-order chi connectivity index (χ1) is 13.8. The molecule has 0 fully saturated rings. The largest absolute Gasteiger partial charge is 0.511 e. The van der Waals surface area contributed by atoms with Crippen LogP contribution in [0.2, 0.25) is 0 Å². The maximum atomic E-state index is 13.0. The summed E-state index contributed by atoms with van der Waals surface area (Å²) in [6.45, 7) is -0.281. The van der Waals surface area contributed by atoms with Gasteiger partial charge in [-0.1, -0.05) is 6.07 Å². The number of carbonyl (C=O) groups excluding carboxylic acids is 2. The van der Waals surface area contributed by atoms with E-state index in [9.17, 15) is 23.9 Å². The standard InChI is InChI=1S/C20H18FN3O5/c21-14-4-2-13(3-5-14)15-6-1-12(9-22-15)11-24-8-7-16(25)18(20(24)29)19(28)23-10-17(26)27/h1-6,9,25H,7-8,10-11H2,(H,23,28)(H,26,27). The average Bonchev–Trinajstić information content (AvgIpc) is 2.70. The number of pyridine rings is 1. The zero-order chi connectivity index (χ0) is 21.0. The molecule has 0 bridgehead atoms. The summed E-state index contributed by atoms with van der Waals surface area (Å²) >= 11 is 0. The summed E-state index contributed by atoms with van der Waals surface area (Å²) in [6.07, 6.45) is 1.66. The maximum absolute atomic E-state index is 13.0. The topological polar surface area (TPSA) is 120 Å². The second kappa shape index (κ2) is 8.51. The summed E-state index contributed by atoms with van der Waals surface area (Å²) in [7, 11) is 0. The molecule has 150 valence electrons. The molecule has 0 unspecified atom stereocenters. The zero-order valence-corrected chi connectivity index (χ0v) is 15.3. The molecule has 2 heterocycles. The molecule has 9 heteroatoms. The van der Waals surface area contributed by atoms with Crippen LogP contribution in [0.3, 0.4) is 0 Å². The van der Waals surface area contributed by atoms with Crippen molar-refractivity contribution in [3.8, 4) is 11.3 Å². The summed E-state index contributed by atoms with van der Waals surface area (Å²) in [6, 6.07) is 9.41. The maximum Gasteiger partial charge on any atom is 0.322 e. The molecular formula is C20H18FN3O5. The van der Waals surface area contributed by atoms with Gasteiger partial charge in [0.1, 0.15) is 23.7 Å². The molecule has 3 N–H and O–H groups in total. The Morgan fingerprint density at radius 2 is 1.90 bits per heavy atom. The highest BCUT2D eigenvalue weighted by atomic mass is 19.1. The number of benzene rings is 1. The number of aromatic nitrogens is 1. The number of amides is 2. The van der Waals surface area contributed by atoms with Crippen LogP contribution in [0.5, 0.6) is 0 Å². The van der Waals surface area contributed by atoms with Gasteiger partial charge in [-0.2, -0.15) is 0 Å². The molecule has 8 nitrogen and oxygen atoms in total. The fraction of sp³-hybridized carbons (Fsp3) is 0.200. The van der Waals surface area contributed by atoms with Crippen LogP contribution in [-0.4, -0.2) is 51.0 Å². The molecular weight excluding hydrogens is 381 g/mol. The number of carbonyl (C=O) groups is 3. The number of halogens is 1. The second-order valence-electron chi connectivity index (χ2n) is 6.43. The molecule has 2 aromatic rings. The summed E-state index contributed by atoms with van der Waals surface area (Å²) in [5, 5.41) is 20.7. The fourth-order valence-electron chi connectivity index (χ4n) is 2.90. The highest BCUT2D eigenvalue weighted by Gasteiger charge is 2.32. The van der Waals surface area contributed by atoms with E-state index in [1.165, 1.54) is 17.0 Å². The number of carboxylic acids is 1. The van der Waals surface area contributed by atoms with Crippen LogP contribution in [0.1, 0.15) is 12.0 Å². The number of hydrogen-bond donors (Lipinski definition) is 3. The van der Waals surface area contributed by atoms with Crippen molar-refractivity contribution < 1.29 is 29.0 Å². The van der Waals surface area contributed by atoms with Crippen molar-refractivity contribution in [3.05, 3.63) is 65.3 Å². The van der Waals surface area contributed by atoms with Gasteiger partial charge in [0.15, 0.2) is 0 Å². The van der Waals surface area contributed by atoms with Crippen molar-refractivity contribution >= 4 is 17.8 Å². The van der Waals surface area contributed by atoms with Gasteiger partial charge in [0, 0.05) is 31.3 Å². The molecule has 0 aliphatic carbocycles. The van der Waals surface area contributed by atoms with Crippen LogP contribution in [0, 0.1) is 5.82 Å². The van der Waals surface area contributed by atoms with Gasteiger partial charge in [-0.15, -0.1) is 0 Å². The van der Waals surface area contributed by atoms with E-state index in [-0.39, 0.29) is 31.1 Å². The van der Waals surface area contributed by atoms with E-state index < -0.39 is 29.9 Å². The average molecular weight is 399 g/mol. The quantitative estimate of drug-likeness (QED) is 0.635. The first-order valence-corrected chi connectivity index (χ1v) is 8.77. The van der Waals surface area contributed by atoms with Crippen molar-refractivity contribution in [2.24, 2.45) is 0 Å². The Bertz CT molecular complexity index is 971. The number of nitrogens with one attached hydrogen (secondary N) is 1. The lowest BCUT2D eigenvalue weighted by molar-refractivity contribution is -0.138. The van der Waals surface area contributed by atoms with Gasteiger partial charge in [-0.3, -0.25) is 19.4 Å². The predicted octanol–water partition coefficient (Wildman–Crippen LogP) is 1.63. The minimum absolute atomic E-state index is 0.0860. The summed E-state index contributed by atoms with van der Waals surface area (Å²) in [5.41, 5.74) is 1.64. The molecule has 0 atom stereocenters. The fourth-order valence-corrected chi connectivity index (χ4v) is 2.90. The normalized spacial score (nSPS) is 14.1. The SMILES string of the molecule is O=C(O)CNC(=O)C1=C(O)CCN(Cc2ccc(-c3ccc(F)cc3)nc2)C1=O. The molecule has 0 radical (unpaired) electrons. The Balaban J connectivity index is 1.70. The van der Waals surface area contributed by atoms with Crippen molar-refractivity contribution in [1.29, 1.82) is 0 Å². The van der Waals surface area contributed by atoms with E-state index in [2.05, 4.69) is 10.3 Å². The Kier molecular flexibility index (Phi) is 5.87. The Labute approximate surface area is 165 Å². The third-order valence-corrected chi connectivity index (χ3v) is 4.37. The van der Waals surface area contributed by atoms with Crippen LogP contribution < -0.4 is 5.32 Å². The van der Waals surface area contributed by atoms with Crippen LogP contribution in [0.15, 0.2) is 53.9 Å². The van der Waals surface area contributed by atoms with E-state index in [4.69, 9.17) is 5.11 Å². The summed E-state index contributed by atoms with van der Waals surface area (Å²) in [5.74, 6) is -3.57. The number of nitrogens with zero attached hydrogens (tertiary/aromatic N) is 2. The molecule has 1 aliphatic heterocycles. The van der Waals surface area contributed by atoms with Crippen molar-refractivity contribution in [2.45, 2.75) is 13.0 Å². The number of carboxylic acid groups (broad SMARTS) is 1. The minimum Gasteiger partial charge on any atom is -0.511 e. The summed E-state index contributed by atoms with van der Waals surface area (Å²) < 4.78 is 13.0. The van der Waals surface area contributed by atoms with E-state index >= 15 is 0 Å². The van der Waals surface area contributed by atoms with Gasteiger partial charge >= 0.3 is 5.97 Å². The molecule has 2 amide bonds. The molecule has 1 aliphatic rings. The lowest BCUT2D eigenvalue weighted by Crippen LogP contribution is -2.43. The van der Waals surface area contributed by atoms with E-state index in [1.54, 1.807) is 30.5 Å². The van der Waals surface area contributed by atoms with E-state index in [1.807, 2.05) is 0 Å². The number of rotatable bonds is 6. The highest BCUT2D eigenvalue weighted by molar-refractivity contribution is 6.19. The Hall–Kier alpha value is -3.75.